The minimum absolute atomic E-state index is 0.215. The molecule has 2 aliphatic rings. The Kier molecular flexibility index (Phi) is 5.14. The standard InChI is InChI=1S/C17H34N2O/c1-6-20-15-12-14(17(15)10-8-7-9-11-17)18-13-16(2,3)19(4)5/h14-15,18H,6-13H2,1-5H3. The fraction of sp³-hybridized carbons (Fsp3) is 1.00. The highest BCUT2D eigenvalue weighted by molar-refractivity contribution is 5.09. The smallest absolute Gasteiger partial charge is 0.0661 e. The molecule has 0 aromatic carbocycles. The van der Waals surface area contributed by atoms with E-state index in [1.165, 1.54) is 38.5 Å². The van der Waals surface area contributed by atoms with E-state index in [-0.39, 0.29) is 5.54 Å². The summed E-state index contributed by atoms with van der Waals surface area (Å²) in [7, 11) is 4.34. The molecule has 2 fully saturated rings. The van der Waals surface area contributed by atoms with Gasteiger partial charge in [-0.1, -0.05) is 19.3 Å². The molecule has 0 amide bonds. The summed E-state index contributed by atoms with van der Waals surface area (Å²) >= 11 is 0. The van der Waals surface area contributed by atoms with Gasteiger partial charge in [-0.05, 0) is 54.1 Å². The summed E-state index contributed by atoms with van der Waals surface area (Å²) < 4.78 is 6.03. The van der Waals surface area contributed by atoms with Crippen LogP contribution in [0.15, 0.2) is 0 Å². The Bertz CT molecular complexity index is 308. The third-order valence-corrected chi connectivity index (χ3v) is 5.93. The molecule has 1 N–H and O–H groups in total. The van der Waals surface area contributed by atoms with E-state index < -0.39 is 0 Å². The molecule has 0 radical (unpaired) electrons. The Morgan fingerprint density at radius 2 is 1.85 bits per heavy atom. The molecule has 0 bridgehead atoms. The van der Waals surface area contributed by atoms with Crippen LogP contribution in [-0.4, -0.2) is 49.8 Å². The molecule has 0 heterocycles. The fourth-order valence-corrected chi connectivity index (χ4v) is 3.88. The zero-order valence-corrected chi connectivity index (χ0v) is 14.2. The van der Waals surface area contributed by atoms with Crippen molar-refractivity contribution in [3.8, 4) is 0 Å². The van der Waals surface area contributed by atoms with E-state index in [0.29, 0.717) is 17.6 Å². The van der Waals surface area contributed by atoms with Crippen LogP contribution in [0.4, 0.5) is 0 Å². The van der Waals surface area contributed by atoms with Crippen LogP contribution in [0.2, 0.25) is 0 Å². The van der Waals surface area contributed by atoms with Crippen LogP contribution in [0, 0.1) is 5.41 Å². The van der Waals surface area contributed by atoms with E-state index in [9.17, 15) is 0 Å². The van der Waals surface area contributed by atoms with Crippen molar-refractivity contribution in [1.29, 1.82) is 0 Å². The molecule has 20 heavy (non-hydrogen) atoms. The first kappa shape index (κ1) is 16.3. The maximum absolute atomic E-state index is 6.03. The molecule has 3 heteroatoms. The summed E-state index contributed by atoms with van der Waals surface area (Å²) in [4.78, 5) is 2.31. The van der Waals surface area contributed by atoms with Gasteiger partial charge in [0.1, 0.15) is 0 Å². The van der Waals surface area contributed by atoms with Crippen molar-refractivity contribution in [2.24, 2.45) is 5.41 Å². The predicted molar refractivity (Wildman–Crippen MR) is 85.1 cm³/mol. The average molecular weight is 282 g/mol. The summed E-state index contributed by atoms with van der Waals surface area (Å²) in [6.45, 7) is 8.68. The summed E-state index contributed by atoms with van der Waals surface area (Å²) in [6, 6.07) is 0.665. The first-order valence-corrected chi connectivity index (χ1v) is 8.45. The number of nitrogens with zero attached hydrogens (tertiary/aromatic N) is 1. The van der Waals surface area contributed by atoms with Crippen LogP contribution < -0.4 is 5.32 Å². The van der Waals surface area contributed by atoms with Gasteiger partial charge in [-0.15, -0.1) is 0 Å². The lowest BCUT2D eigenvalue weighted by Gasteiger charge is -2.58. The van der Waals surface area contributed by atoms with Gasteiger partial charge in [0.05, 0.1) is 6.10 Å². The van der Waals surface area contributed by atoms with E-state index in [1.54, 1.807) is 0 Å². The molecular formula is C17H34N2O. The molecule has 2 aliphatic carbocycles. The van der Waals surface area contributed by atoms with E-state index in [2.05, 4.69) is 45.1 Å². The van der Waals surface area contributed by atoms with Crippen molar-refractivity contribution in [3.63, 3.8) is 0 Å². The lowest BCUT2D eigenvalue weighted by atomic mass is 9.55. The Labute approximate surface area is 125 Å². The number of nitrogens with one attached hydrogen (secondary N) is 1. The highest BCUT2D eigenvalue weighted by Gasteiger charge is 2.55. The molecule has 118 valence electrons. The van der Waals surface area contributed by atoms with E-state index in [0.717, 1.165) is 13.2 Å². The number of likely N-dealkylation sites (N-methyl/N-ethyl adjacent to an activating group) is 1. The molecule has 0 saturated heterocycles. The minimum Gasteiger partial charge on any atom is -0.378 e. The van der Waals surface area contributed by atoms with Gasteiger partial charge in [0.15, 0.2) is 0 Å². The molecule has 2 rings (SSSR count). The first-order chi connectivity index (χ1) is 9.42. The van der Waals surface area contributed by atoms with Gasteiger partial charge in [-0.3, -0.25) is 0 Å². The molecule has 3 nitrogen and oxygen atoms in total. The summed E-state index contributed by atoms with van der Waals surface area (Å²) in [6.07, 6.45) is 8.62. The van der Waals surface area contributed by atoms with Gasteiger partial charge >= 0.3 is 0 Å². The lowest BCUT2D eigenvalue weighted by Crippen LogP contribution is -2.66. The van der Waals surface area contributed by atoms with E-state index in [4.69, 9.17) is 4.74 Å². The second kappa shape index (κ2) is 6.33. The normalized spacial score (nSPS) is 29.7. The van der Waals surface area contributed by atoms with Crippen LogP contribution in [0.5, 0.6) is 0 Å². The molecule has 0 aromatic heterocycles. The van der Waals surface area contributed by atoms with Crippen molar-refractivity contribution in [2.75, 3.05) is 27.2 Å². The largest absolute Gasteiger partial charge is 0.378 e. The zero-order valence-electron chi connectivity index (χ0n) is 14.2. The minimum atomic E-state index is 0.215. The second-order valence-electron chi connectivity index (χ2n) is 7.61. The first-order valence-electron chi connectivity index (χ1n) is 8.45. The number of hydrogen-bond donors (Lipinski definition) is 1. The number of ether oxygens (including phenoxy) is 1. The van der Waals surface area contributed by atoms with Crippen LogP contribution in [0.25, 0.3) is 0 Å². The van der Waals surface area contributed by atoms with Crippen LogP contribution in [0.1, 0.15) is 59.3 Å². The topological polar surface area (TPSA) is 24.5 Å². The summed E-state index contributed by atoms with van der Waals surface area (Å²) in [5.41, 5.74) is 0.656. The second-order valence-corrected chi connectivity index (χ2v) is 7.61. The quantitative estimate of drug-likeness (QED) is 0.810. The predicted octanol–water partition coefficient (Wildman–Crippen LogP) is 3.04. The Morgan fingerprint density at radius 1 is 1.20 bits per heavy atom. The van der Waals surface area contributed by atoms with Gasteiger partial charge in [0.2, 0.25) is 0 Å². The maximum atomic E-state index is 6.03. The Morgan fingerprint density at radius 3 is 2.40 bits per heavy atom. The van der Waals surface area contributed by atoms with Crippen LogP contribution in [-0.2, 0) is 4.74 Å². The monoisotopic (exact) mass is 282 g/mol. The maximum Gasteiger partial charge on any atom is 0.0661 e. The van der Waals surface area contributed by atoms with Crippen LogP contribution >= 0.6 is 0 Å². The molecule has 0 aliphatic heterocycles. The van der Waals surface area contributed by atoms with Gasteiger partial charge in [0.25, 0.3) is 0 Å². The SMILES string of the molecule is CCOC1CC(NCC(C)(C)N(C)C)C12CCCCC2. The van der Waals surface area contributed by atoms with Crippen LogP contribution in [0.3, 0.4) is 0 Å². The molecule has 2 unspecified atom stereocenters. The highest BCUT2D eigenvalue weighted by Crippen LogP contribution is 2.53. The lowest BCUT2D eigenvalue weighted by molar-refractivity contribution is -0.151. The number of rotatable bonds is 6. The van der Waals surface area contributed by atoms with Crippen molar-refractivity contribution in [3.05, 3.63) is 0 Å². The molecular weight excluding hydrogens is 248 g/mol. The van der Waals surface area contributed by atoms with Gasteiger partial charge < -0.3 is 15.0 Å². The molecule has 2 atom stereocenters. The summed E-state index contributed by atoms with van der Waals surface area (Å²) in [5, 5.41) is 3.87. The van der Waals surface area contributed by atoms with Crippen molar-refractivity contribution < 1.29 is 4.74 Å². The van der Waals surface area contributed by atoms with Crippen molar-refractivity contribution in [2.45, 2.75) is 77.0 Å². The fourth-order valence-electron chi connectivity index (χ4n) is 3.88. The third kappa shape index (κ3) is 3.05. The van der Waals surface area contributed by atoms with Crippen molar-refractivity contribution in [1.82, 2.24) is 10.2 Å². The molecule has 2 saturated carbocycles. The van der Waals surface area contributed by atoms with Gasteiger partial charge in [-0.25, -0.2) is 0 Å². The summed E-state index contributed by atoms with van der Waals surface area (Å²) in [5.74, 6) is 0. The Balaban J connectivity index is 1.94. The zero-order chi connectivity index (χ0) is 14.8. The van der Waals surface area contributed by atoms with E-state index in [1.807, 2.05) is 0 Å². The van der Waals surface area contributed by atoms with E-state index >= 15 is 0 Å². The van der Waals surface area contributed by atoms with Gasteiger partial charge in [0, 0.05) is 30.1 Å². The molecule has 0 aromatic rings. The van der Waals surface area contributed by atoms with Gasteiger partial charge in [-0.2, -0.15) is 0 Å². The Hall–Kier alpha value is -0.120. The number of hydrogen-bond acceptors (Lipinski definition) is 3. The average Bonchev–Trinajstić information content (AvgIpc) is 2.42. The highest BCUT2D eigenvalue weighted by atomic mass is 16.5. The van der Waals surface area contributed by atoms with Crippen molar-refractivity contribution >= 4 is 0 Å². The third-order valence-electron chi connectivity index (χ3n) is 5.93. The molecule has 1 spiro atoms.